The van der Waals surface area contributed by atoms with Crippen molar-refractivity contribution in [2.24, 2.45) is 0 Å². The van der Waals surface area contributed by atoms with E-state index in [2.05, 4.69) is 0 Å². The molecule has 1 aliphatic heterocycles. The molecule has 110 valence electrons. The minimum Gasteiger partial charge on any atom is -0.480 e. The first kappa shape index (κ1) is 15.1. The number of halogens is 1. The van der Waals surface area contributed by atoms with E-state index in [9.17, 15) is 14.7 Å². The summed E-state index contributed by atoms with van der Waals surface area (Å²) >= 11 is 7.28. The van der Waals surface area contributed by atoms with Crippen molar-refractivity contribution in [3.63, 3.8) is 0 Å². The number of carboxylic acids is 1. The highest BCUT2D eigenvalue weighted by atomic mass is 35.5. The van der Waals surface area contributed by atoms with Crippen molar-refractivity contribution in [3.05, 3.63) is 21.3 Å². The molecule has 0 radical (unpaired) electrons. The highest BCUT2D eigenvalue weighted by Gasteiger charge is 2.46. The van der Waals surface area contributed by atoms with E-state index >= 15 is 0 Å². The molecular formula is C13H17ClN2O3S. The summed E-state index contributed by atoms with van der Waals surface area (Å²) in [4.78, 5) is 27.8. The molecule has 0 saturated carbocycles. The van der Waals surface area contributed by atoms with Crippen molar-refractivity contribution in [2.45, 2.75) is 31.8 Å². The van der Waals surface area contributed by atoms with Crippen LogP contribution < -0.4 is 0 Å². The van der Waals surface area contributed by atoms with Crippen LogP contribution in [0.25, 0.3) is 0 Å². The van der Waals surface area contributed by atoms with Gasteiger partial charge >= 0.3 is 12.0 Å². The maximum absolute atomic E-state index is 12.4. The van der Waals surface area contributed by atoms with Crippen LogP contribution in [-0.2, 0) is 11.3 Å². The number of carboxylic acid groups (broad SMARTS) is 1. The van der Waals surface area contributed by atoms with E-state index in [1.807, 2.05) is 6.07 Å². The molecule has 1 unspecified atom stereocenters. The fourth-order valence-corrected chi connectivity index (χ4v) is 3.58. The number of thiophene rings is 1. The average molecular weight is 317 g/mol. The number of hydrogen-bond acceptors (Lipinski definition) is 3. The molecule has 1 aromatic rings. The van der Waals surface area contributed by atoms with E-state index in [0.29, 0.717) is 30.3 Å². The quantitative estimate of drug-likeness (QED) is 0.932. The zero-order chi connectivity index (χ0) is 14.9. The van der Waals surface area contributed by atoms with Gasteiger partial charge in [0.15, 0.2) is 0 Å². The number of urea groups is 1. The fourth-order valence-electron chi connectivity index (χ4n) is 2.44. The van der Waals surface area contributed by atoms with Crippen LogP contribution in [0.5, 0.6) is 0 Å². The lowest BCUT2D eigenvalue weighted by atomic mass is 10.00. The third kappa shape index (κ3) is 2.76. The van der Waals surface area contributed by atoms with Gasteiger partial charge in [-0.2, -0.15) is 0 Å². The molecule has 0 aromatic carbocycles. The van der Waals surface area contributed by atoms with E-state index in [-0.39, 0.29) is 6.03 Å². The Bertz CT molecular complexity index is 533. The van der Waals surface area contributed by atoms with Gasteiger partial charge in [0.2, 0.25) is 0 Å². The van der Waals surface area contributed by atoms with Crippen LogP contribution in [0, 0.1) is 0 Å². The summed E-state index contributed by atoms with van der Waals surface area (Å²) in [6, 6.07) is 3.41. The van der Waals surface area contributed by atoms with Crippen LogP contribution in [0.4, 0.5) is 4.79 Å². The number of hydrogen-bond donors (Lipinski definition) is 1. The molecule has 0 aliphatic carbocycles. The van der Waals surface area contributed by atoms with E-state index in [0.717, 1.165) is 4.88 Å². The van der Waals surface area contributed by atoms with E-state index in [1.165, 1.54) is 21.1 Å². The van der Waals surface area contributed by atoms with Crippen LogP contribution >= 0.6 is 22.9 Å². The third-order valence-corrected chi connectivity index (χ3v) is 4.90. The fraction of sp³-hybridized carbons (Fsp3) is 0.538. The first-order valence-electron chi connectivity index (χ1n) is 6.35. The van der Waals surface area contributed by atoms with Crippen molar-refractivity contribution < 1.29 is 14.7 Å². The van der Waals surface area contributed by atoms with Gasteiger partial charge in [-0.15, -0.1) is 11.3 Å². The Morgan fingerprint density at radius 1 is 1.55 bits per heavy atom. The largest absolute Gasteiger partial charge is 0.480 e. The number of carbonyl (C=O) groups is 2. The van der Waals surface area contributed by atoms with Gasteiger partial charge in [-0.25, -0.2) is 9.59 Å². The van der Waals surface area contributed by atoms with E-state index < -0.39 is 11.5 Å². The Morgan fingerprint density at radius 3 is 2.80 bits per heavy atom. The molecule has 1 N–H and O–H groups in total. The van der Waals surface area contributed by atoms with Crippen molar-refractivity contribution in [2.75, 3.05) is 13.6 Å². The van der Waals surface area contributed by atoms with Crippen LogP contribution in [0.1, 0.15) is 24.6 Å². The van der Waals surface area contributed by atoms with Gasteiger partial charge in [0, 0.05) is 18.5 Å². The summed E-state index contributed by atoms with van der Waals surface area (Å²) in [7, 11) is 1.68. The van der Waals surface area contributed by atoms with E-state index in [4.69, 9.17) is 11.6 Å². The molecule has 5 nitrogen and oxygen atoms in total. The van der Waals surface area contributed by atoms with Gasteiger partial charge in [0.05, 0.1) is 10.9 Å². The molecule has 2 rings (SSSR count). The lowest BCUT2D eigenvalue weighted by Gasteiger charge is -2.34. The Labute approximate surface area is 126 Å². The Kier molecular flexibility index (Phi) is 4.25. The smallest absolute Gasteiger partial charge is 0.329 e. The number of amides is 2. The first-order valence-corrected chi connectivity index (χ1v) is 7.54. The third-order valence-electron chi connectivity index (χ3n) is 3.68. The predicted octanol–water partition coefficient (Wildman–Crippen LogP) is 2.89. The van der Waals surface area contributed by atoms with Crippen molar-refractivity contribution >= 4 is 34.9 Å². The number of carbonyl (C=O) groups excluding carboxylic acids is 1. The molecule has 0 spiro atoms. The summed E-state index contributed by atoms with van der Waals surface area (Å²) in [5.41, 5.74) is -1.10. The lowest BCUT2D eigenvalue weighted by Crippen LogP contribution is -2.54. The van der Waals surface area contributed by atoms with Gasteiger partial charge < -0.3 is 14.9 Å². The zero-order valence-electron chi connectivity index (χ0n) is 11.4. The molecule has 7 heteroatoms. The standard InChI is InChI=1S/C13H17ClN2O3S/c1-13(11(17)18)6-3-7-16(13)12(19)15(2)8-9-4-5-10(14)20-9/h4-5H,3,6-8H2,1-2H3,(H,17,18). The zero-order valence-corrected chi connectivity index (χ0v) is 13.0. The molecule has 2 amide bonds. The molecule has 0 bridgehead atoms. The van der Waals surface area contributed by atoms with E-state index in [1.54, 1.807) is 20.0 Å². The minimum atomic E-state index is -1.10. The summed E-state index contributed by atoms with van der Waals surface area (Å²) < 4.78 is 0.678. The van der Waals surface area contributed by atoms with Crippen LogP contribution in [0.15, 0.2) is 12.1 Å². The molecule has 20 heavy (non-hydrogen) atoms. The van der Waals surface area contributed by atoms with Crippen molar-refractivity contribution in [3.8, 4) is 0 Å². The van der Waals surface area contributed by atoms with Crippen LogP contribution in [0.3, 0.4) is 0 Å². The highest BCUT2D eigenvalue weighted by Crippen LogP contribution is 2.31. The minimum absolute atomic E-state index is 0.253. The number of nitrogens with zero attached hydrogens (tertiary/aromatic N) is 2. The highest BCUT2D eigenvalue weighted by molar-refractivity contribution is 7.16. The summed E-state index contributed by atoms with van der Waals surface area (Å²) in [5.74, 6) is -0.948. The normalized spacial score (nSPS) is 22.1. The van der Waals surface area contributed by atoms with Crippen molar-refractivity contribution in [1.29, 1.82) is 0 Å². The Hall–Kier alpha value is -1.27. The second-order valence-corrected chi connectivity index (χ2v) is 6.98. The Morgan fingerprint density at radius 2 is 2.25 bits per heavy atom. The topological polar surface area (TPSA) is 60.9 Å². The van der Waals surface area contributed by atoms with Gasteiger partial charge in [-0.05, 0) is 31.9 Å². The first-order chi connectivity index (χ1) is 9.34. The summed E-state index contributed by atoms with van der Waals surface area (Å²) in [6.07, 6.45) is 1.21. The maximum atomic E-state index is 12.4. The maximum Gasteiger partial charge on any atom is 0.329 e. The van der Waals surface area contributed by atoms with Gasteiger partial charge in [-0.3, -0.25) is 0 Å². The summed E-state index contributed by atoms with van der Waals surface area (Å²) in [5, 5.41) is 9.34. The number of rotatable bonds is 3. The number of aliphatic carboxylic acids is 1. The molecule has 1 saturated heterocycles. The van der Waals surface area contributed by atoms with Crippen molar-refractivity contribution in [1.82, 2.24) is 9.80 Å². The van der Waals surface area contributed by atoms with Gasteiger partial charge in [0.1, 0.15) is 5.54 Å². The predicted molar refractivity (Wildman–Crippen MR) is 78.2 cm³/mol. The Balaban J connectivity index is 2.08. The molecule has 1 atom stereocenters. The SMILES string of the molecule is CN(Cc1ccc(Cl)s1)C(=O)N1CCCC1(C)C(=O)O. The second-order valence-electron chi connectivity index (χ2n) is 5.18. The summed E-state index contributed by atoms with van der Waals surface area (Å²) in [6.45, 7) is 2.52. The van der Waals surface area contributed by atoms with Gasteiger partial charge in [-0.1, -0.05) is 11.6 Å². The molecular weight excluding hydrogens is 300 g/mol. The molecule has 1 aliphatic rings. The molecule has 1 aromatic heterocycles. The van der Waals surface area contributed by atoms with Gasteiger partial charge in [0.25, 0.3) is 0 Å². The van der Waals surface area contributed by atoms with Crippen LogP contribution in [-0.4, -0.2) is 46.0 Å². The molecule has 1 fully saturated rings. The monoisotopic (exact) mass is 316 g/mol. The van der Waals surface area contributed by atoms with Crippen LogP contribution in [0.2, 0.25) is 4.34 Å². The number of likely N-dealkylation sites (tertiary alicyclic amines) is 1. The second kappa shape index (κ2) is 5.61. The molecule has 2 heterocycles. The lowest BCUT2D eigenvalue weighted by molar-refractivity contribution is -0.147. The average Bonchev–Trinajstić information content (AvgIpc) is 2.95.